The second-order valence-corrected chi connectivity index (χ2v) is 5.18. The van der Waals surface area contributed by atoms with Crippen molar-refractivity contribution in [3.8, 4) is 0 Å². The van der Waals surface area contributed by atoms with E-state index in [0.29, 0.717) is 21.1 Å². The SMILES string of the molecule is O=C(Cc1cccc2n[nH]nc12)c1ccc(Cl)cc1Cl. The van der Waals surface area contributed by atoms with E-state index in [4.69, 9.17) is 23.2 Å². The van der Waals surface area contributed by atoms with Crippen molar-refractivity contribution < 1.29 is 4.79 Å². The Kier molecular flexibility index (Phi) is 3.42. The highest BCUT2D eigenvalue weighted by Gasteiger charge is 2.14. The highest BCUT2D eigenvalue weighted by atomic mass is 35.5. The van der Waals surface area contributed by atoms with Crippen molar-refractivity contribution in [2.75, 3.05) is 0 Å². The van der Waals surface area contributed by atoms with Crippen molar-refractivity contribution in [2.24, 2.45) is 0 Å². The Labute approximate surface area is 124 Å². The van der Waals surface area contributed by atoms with Gasteiger partial charge in [-0.25, -0.2) is 0 Å². The molecule has 0 saturated carbocycles. The first kappa shape index (κ1) is 13.1. The Morgan fingerprint density at radius 1 is 1.15 bits per heavy atom. The van der Waals surface area contributed by atoms with E-state index in [9.17, 15) is 4.79 Å². The lowest BCUT2D eigenvalue weighted by molar-refractivity contribution is 0.0993. The van der Waals surface area contributed by atoms with Crippen molar-refractivity contribution >= 4 is 40.0 Å². The number of carbonyl (C=O) groups excluding carboxylic acids is 1. The molecular weight excluding hydrogens is 297 g/mol. The van der Waals surface area contributed by atoms with Crippen LogP contribution in [-0.4, -0.2) is 21.2 Å². The molecule has 20 heavy (non-hydrogen) atoms. The summed E-state index contributed by atoms with van der Waals surface area (Å²) in [5.41, 5.74) is 2.70. The predicted molar refractivity (Wildman–Crippen MR) is 78.4 cm³/mol. The van der Waals surface area contributed by atoms with Crippen molar-refractivity contribution in [3.63, 3.8) is 0 Å². The van der Waals surface area contributed by atoms with Crippen molar-refractivity contribution in [2.45, 2.75) is 6.42 Å². The second-order valence-electron chi connectivity index (χ2n) is 4.33. The maximum absolute atomic E-state index is 12.3. The standard InChI is InChI=1S/C14H9Cl2N3O/c15-9-4-5-10(11(16)7-9)13(20)6-8-2-1-3-12-14(8)18-19-17-12/h1-5,7H,6H2,(H,17,18,19). The molecule has 1 N–H and O–H groups in total. The van der Waals surface area contributed by atoms with E-state index in [1.165, 1.54) is 0 Å². The van der Waals surface area contributed by atoms with E-state index in [1.54, 1.807) is 18.2 Å². The van der Waals surface area contributed by atoms with Gasteiger partial charge < -0.3 is 0 Å². The summed E-state index contributed by atoms with van der Waals surface area (Å²) < 4.78 is 0. The lowest BCUT2D eigenvalue weighted by Gasteiger charge is -2.04. The van der Waals surface area contributed by atoms with Crippen molar-refractivity contribution in [3.05, 3.63) is 57.6 Å². The summed E-state index contributed by atoms with van der Waals surface area (Å²) in [5.74, 6) is -0.0813. The fourth-order valence-corrected chi connectivity index (χ4v) is 2.57. The highest BCUT2D eigenvalue weighted by Crippen LogP contribution is 2.23. The number of H-pyrrole nitrogens is 1. The van der Waals surface area contributed by atoms with Crippen molar-refractivity contribution in [1.29, 1.82) is 0 Å². The van der Waals surface area contributed by atoms with Crippen LogP contribution in [0.2, 0.25) is 10.0 Å². The first-order valence-electron chi connectivity index (χ1n) is 5.92. The van der Waals surface area contributed by atoms with Gasteiger partial charge >= 0.3 is 0 Å². The van der Waals surface area contributed by atoms with Crippen LogP contribution < -0.4 is 0 Å². The average molecular weight is 306 g/mol. The number of hydrogen-bond acceptors (Lipinski definition) is 3. The van der Waals surface area contributed by atoms with Gasteiger partial charge in [0.1, 0.15) is 11.0 Å². The number of aromatic amines is 1. The topological polar surface area (TPSA) is 58.6 Å². The van der Waals surface area contributed by atoms with Crippen LogP contribution in [0.25, 0.3) is 11.0 Å². The third-order valence-electron chi connectivity index (χ3n) is 3.01. The Morgan fingerprint density at radius 2 is 2.00 bits per heavy atom. The van der Waals surface area contributed by atoms with Gasteiger partial charge in [0, 0.05) is 17.0 Å². The van der Waals surface area contributed by atoms with Crippen molar-refractivity contribution in [1.82, 2.24) is 15.4 Å². The van der Waals surface area contributed by atoms with E-state index in [0.717, 1.165) is 11.1 Å². The number of nitrogens with zero attached hydrogens (tertiary/aromatic N) is 2. The van der Waals surface area contributed by atoms with E-state index in [1.807, 2.05) is 18.2 Å². The van der Waals surface area contributed by atoms with E-state index >= 15 is 0 Å². The number of benzene rings is 2. The zero-order valence-corrected chi connectivity index (χ0v) is 11.7. The van der Waals surface area contributed by atoms with Crippen LogP contribution in [0.15, 0.2) is 36.4 Å². The van der Waals surface area contributed by atoms with Gasteiger partial charge in [-0.15, -0.1) is 0 Å². The Morgan fingerprint density at radius 3 is 2.80 bits per heavy atom. The molecule has 1 aromatic heterocycles. The van der Waals surface area contributed by atoms with Gasteiger partial charge in [0.2, 0.25) is 0 Å². The minimum atomic E-state index is -0.0813. The average Bonchev–Trinajstić information content (AvgIpc) is 2.87. The molecule has 0 fully saturated rings. The minimum Gasteiger partial charge on any atom is -0.294 e. The molecule has 0 spiro atoms. The number of ketones is 1. The van der Waals surface area contributed by atoms with Gasteiger partial charge in [-0.2, -0.15) is 15.4 Å². The van der Waals surface area contributed by atoms with Gasteiger partial charge in [0.15, 0.2) is 5.78 Å². The van der Waals surface area contributed by atoms with Crippen LogP contribution in [0.3, 0.4) is 0 Å². The molecule has 3 aromatic rings. The molecule has 0 bridgehead atoms. The summed E-state index contributed by atoms with van der Waals surface area (Å²) >= 11 is 11.9. The van der Waals surface area contributed by atoms with Crippen LogP contribution in [0.4, 0.5) is 0 Å². The van der Waals surface area contributed by atoms with Crippen LogP contribution >= 0.6 is 23.2 Å². The molecule has 6 heteroatoms. The minimum absolute atomic E-state index is 0.0813. The number of rotatable bonds is 3. The first-order valence-corrected chi connectivity index (χ1v) is 6.67. The Hall–Kier alpha value is -1.91. The first-order chi connectivity index (χ1) is 9.65. The quantitative estimate of drug-likeness (QED) is 0.751. The number of para-hydroxylation sites is 1. The predicted octanol–water partition coefficient (Wildman–Crippen LogP) is 3.69. The molecule has 0 saturated heterocycles. The summed E-state index contributed by atoms with van der Waals surface area (Å²) in [7, 11) is 0. The molecule has 0 aliphatic heterocycles. The van der Waals surface area contributed by atoms with Gasteiger partial charge in [-0.3, -0.25) is 4.79 Å². The summed E-state index contributed by atoms with van der Waals surface area (Å²) in [6.45, 7) is 0. The number of hydrogen-bond donors (Lipinski definition) is 1. The summed E-state index contributed by atoms with van der Waals surface area (Å²) in [4.78, 5) is 12.3. The monoisotopic (exact) mass is 305 g/mol. The molecule has 0 radical (unpaired) electrons. The molecule has 0 unspecified atom stereocenters. The van der Waals surface area contributed by atoms with E-state index in [-0.39, 0.29) is 12.2 Å². The molecule has 3 rings (SSSR count). The normalized spacial score (nSPS) is 10.9. The van der Waals surface area contributed by atoms with E-state index < -0.39 is 0 Å². The molecule has 0 aliphatic rings. The number of nitrogens with one attached hydrogen (secondary N) is 1. The van der Waals surface area contributed by atoms with Gasteiger partial charge in [0.25, 0.3) is 0 Å². The van der Waals surface area contributed by atoms with Crippen LogP contribution in [0, 0.1) is 0 Å². The second kappa shape index (κ2) is 5.23. The van der Waals surface area contributed by atoms with Gasteiger partial charge in [0.05, 0.1) is 5.02 Å². The molecule has 0 aliphatic carbocycles. The summed E-state index contributed by atoms with van der Waals surface area (Å²) in [6, 6.07) is 10.4. The number of Topliss-reactive ketones (excluding diaryl/α,β-unsaturated/α-hetero) is 1. The Balaban J connectivity index is 1.94. The molecular formula is C14H9Cl2N3O. The molecule has 1 heterocycles. The fraction of sp³-hybridized carbons (Fsp3) is 0.0714. The number of carbonyl (C=O) groups is 1. The van der Waals surface area contributed by atoms with Gasteiger partial charge in [-0.05, 0) is 29.8 Å². The lowest BCUT2D eigenvalue weighted by Crippen LogP contribution is -2.05. The Bertz CT molecular complexity index is 798. The third kappa shape index (κ3) is 2.40. The van der Waals surface area contributed by atoms with Crippen LogP contribution in [0.1, 0.15) is 15.9 Å². The molecule has 2 aromatic carbocycles. The fourth-order valence-electron chi connectivity index (χ4n) is 2.05. The third-order valence-corrected chi connectivity index (χ3v) is 3.56. The van der Waals surface area contributed by atoms with Gasteiger partial charge in [-0.1, -0.05) is 35.3 Å². The van der Waals surface area contributed by atoms with E-state index in [2.05, 4.69) is 15.4 Å². The molecule has 0 atom stereocenters. The number of halogens is 2. The molecule has 0 amide bonds. The van der Waals surface area contributed by atoms with Crippen LogP contribution in [0.5, 0.6) is 0 Å². The lowest BCUT2D eigenvalue weighted by atomic mass is 10.0. The van der Waals surface area contributed by atoms with Crippen LogP contribution in [-0.2, 0) is 6.42 Å². The number of aromatic nitrogens is 3. The largest absolute Gasteiger partial charge is 0.294 e. The molecule has 100 valence electrons. The maximum Gasteiger partial charge on any atom is 0.168 e. The zero-order valence-electron chi connectivity index (χ0n) is 10.2. The maximum atomic E-state index is 12.3. The summed E-state index contributed by atoms with van der Waals surface area (Å²) in [6.07, 6.45) is 0.214. The highest BCUT2D eigenvalue weighted by molar-refractivity contribution is 6.36. The summed E-state index contributed by atoms with van der Waals surface area (Å²) in [5, 5.41) is 11.5. The smallest absolute Gasteiger partial charge is 0.168 e. The molecule has 4 nitrogen and oxygen atoms in total. The number of fused-ring (bicyclic) bond motifs is 1. The zero-order chi connectivity index (χ0) is 14.1.